The molecular formula is C13H26O. The third kappa shape index (κ3) is 2.13. The Morgan fingerprint density at radius 2 is 1.57 bits per heavy atom. The zero-order valence-electron chi connectivity index (χ0n) is 10.6. The zero-order chi connectivity index (χ0) is 10.9. The number of rotatable bonds is 2. The lowest BCUT2D eigenvalue weighted by Gasteiger charge is -2.44. The van der Waals surface area contributed by atoms with Crippen LogP contribution in [0, 0.1) is 23.7 Å². The first kappa shape index (κ1) is 12.0. The normalized spacial score (nSPS) is 46.3. The molecule has 0 aromatic carbocycles. The highest BCUT2D eigenvalue weighted by molar-refractivity contribution is 4.86. The summed E-state index contributed by atoms with van der Waals surface area (Å²) in [4.78, 5) is 0. The monoisotopic (exact) mass is 198 g/mol. The Labute approximate surface area is 89.2 Å². The average molecular weight is 198 g/mol. The van der Waals surface area contributed by atoms with Crippen LogP contribution in [0.1, 0.15) is 48.0 Å². The van der Waals surface area contributed by atoms with Gasteiger partial charge in [0.25, 0.3) is 0 Å². The van der Waals surface area contributed by atoms with Crippen LogP contribution in [0.25, 0.3) is 0 Å². The van der Waals surface area contributed by atoms with E-state index in [-0.39, 0.29) is 0 Å². The molecule has 1 fully saturated rings. The molecule has 0 spiro atoms. The largest absolute Gasteiger partial charge is 0.374 e. The summed E-state index contributed by atoms with van der Waals surface area (Å²) in [5.74, 6) is 2.89. The molecule has 0 aromatic heterocycles. The molecule has 1 heterocycles. The van der Waals surface area contributed by atoms with Crippen molar-refractivity contribution < 1.29 is 4.74 Å². The van der Waals surface area contributed by atoms with E-state index in [0.717, 1.165) is 5.92 Å². The van der Waals surface area contributed by atoms with E-state index in [4.69, 9.17) is 4.74 Å². The van der Waals surface area contributed by atoms with Crippen LogP contribution in [0.2, 0.25) is 0 Å². The maximum atomic E-state index is 6.13. The summed E-state index contributed by atoms with van der Waals surface area (Å²) in [5.41, 5.74) is 0. The highest BCUT2D eigenvalue weighted by Crippen LogP contribution is 2.38. The van der Waals surface area contributed by atoms with Gasteiger partial charge < -0.3 is 4.74 Å². The lowest BCUT2D eigenvalue weighted by molar-refractivity contribution is -0.144. The molecule has 0 aromatic rings. The van der Waals surface area contributed by atoms with Gasteiger partial charge in [-0.25, -0.2) is 0 Å². The van der Waals surface area contributed by atoms with Crippen molar-refractivity contribution in [3.05, 3.63) is 0 Å². The second-order valence-corrected chi connectivity index (χ2v) is 5.27. The van der Waals surface area contributed by atoms with Gasteiger partial charge in [0.1, 0.15) is 0 Å². The Hall–Kier alpha value is -0.0400. The predicted molar refractivity (Wildman–Crippen MR) is 61.3 cm³/mol. The van der Waals surface area contributed by atoms with Crippen molar-refractivity contribution in [2.75, 3.05) is 0 Å². The van der Waals surface area contributed by atoms with E-state index in [1.807, 2.05) is 0 Å². The Kier molecular flexibility index (Phi) is 4.00. The van der Waals surface area contributed by atoms with E-state index in [0.29, 0.717) is 30.0 Å². The predicted octanol–water partition coefficient (Wildman–Crippen LogP) is 3.73. The lowest BCUT2D eigenvalue weighted by atomic mass is 9.73. The molecule has 6 atom stereocenters. The standard InChI is InChI=1S/C13H26O/c1-7-8(2)13-11(5)9(3)10(4)12(6)14-13/h8-13H,7H2,1-6H3. The molecule has 0 N–H and O–H groups in total. The second kappa shape index (κ2) is 4.65. The fraction of sp³-hybridized carbons (Fsp3) is 1.00. The maximum Gasteiger partial charge on any atom is 0.0632 e. The first-order valence-electron chi connectivity index (χ1n) is 6.14. The number of hydrogen-bond acceptors (Lipinski definition) is 1. The van der Waals surface area contributed by atoms with Gasteiger partial charge in [-0.3, -0.25) is 0 Å². The molecule has 0 bridgehead atoms. The summed E-state index contributed by atoms with van der Waals surface area (Å²) in [6.45, 7) is 13.8. The van der Waals surface area contributed by atoms with Crippen molar-refractivity contribution in [1.82, 2.24) is 0 Å². The minimum absolute atomic E-state index is 0.431. The molecule has 0 saturated carbocycles. The van der Waals surface area contributed by atoms with Crippen molar-refractivity contribution in [1.29, 1.82) is 0 Å². The molecule has 84 valence electrons. The number of hydrogen-bond donors (Lipinski definition) is 0. The average Bonchev–Trinajstić information content (AvgIpc) is 2.19. The van der Waals surface area contributed by atoms with Gasteiger partial charge in [-0.15, -0.1) is 0 Å². The molecular weight excluding hydrogens is 172 g/mol. The van der Waals surface area contributed by atoms with Crippen LogP contribution >= 0.6 is 0 Å². The molecule has 0 aliphatic carbocycles. The van der Waals surface area contributed by atoms with Gasteiger partial charge in [-0.2, -0.15) is 0 Å². The molecule has 6 unspecified atom stereocenters. The van der Waals surface area contributed by atoms with Gasteiger partial charge in [0.2, 0.25) is 0 Å². The van der Waals surface area contributed by atoms with Crippen LogP contribution in [0.15, 0.2) is 0 Å². The quantitative estimate of drug-likeness (QED) is 0.657. The molecule has 1 saturated heterocycles. The Bertz CT molecular complexity index is 178. The van der Waals surface area contributed by atoms with Crippen molar-refractivity contribution in [2.24, 2.45) is 23.7 Å². The minimum Gasteiger partial charge on any atom is -0.374 e. The van der Waals surface area contributed by atoms with E-state index >= 15 is 0 Å². The third-order valence-corrected chi connectivity index (χ3v) is 4.49. The smallest absolute Gasteiger partial charge is 0.0632 e. The van der Waals surface area contributed by atoms with E-state index in [1.54, 1.807) is 0 Å². The topological polar surface area (TPSA) is 9.23 Å². The van der Waals surface area contributed by atoms with Gasteiger partial charge >= 0.3 is 0 Å². The molecule has 1 rings (SSSR count). The molecule has 1 aliphatic heterocycles. The van der Waals surface area contributed by atoms with E-state index < -0.39 is 0 Å². The van der Waals surface area contributed by atoms with Crippen molar-refractivity contribution in [2.45, 2.75) is 60.2 Å². The molecule has 1 aliphatic rings. The molecule has 1 heteroatoms. The summed E-state index contributed by atoms with van der Waals surface area (Å²) in [6, 6.07) is 0. The molecule has 0 radical (unpaired) electrons. The molecule has 14 heavy (non-hydrogen) atoms. The highest BCUT2D eigenvalue weighted by Gasteiger charge is 2.38. The molecule has 1 nitrogen and oxygen atoms in total. The third-order valence-electron chi connectivity index (χ3n) is 4.49. The minimum atomic E-state index is 0.431. The van der Waals surface area contributed by atoms with Crippen LogP contribution in [-0.4, -0.2) is 12.2 Å². The first-order valence-corrected chi connectivity index (χ1v) is 6.14. The molecule has 0 amide bonds. The SMILES string of the molecule is CCC(C)C1OC(C)C(C)C(C)C1C. The maximum absolute atomic E-state index is 6.13. The van der Waals surface area contributed by atoms with Gasteiger partial charge in [-0.05, 0) is 30.6 Å². The van der Waals surface area contributed by atoms with Gasteiger partial charge in [0.05, 0.1) is 12.2 Å². The van der Waals surface area contributed by atoms with Crippen molar-refractivity contribution >= 4 is 0 Å². The number of ether oxygens (including phenoxy) is 1. The fourth-order valence-corrected chi connectivity index (χ4v) is 2.59. The summed E-state index contributed by atoms with van der Waals surface area (Å²) >= 11 is 0. The fourth-order valence-electron chi connectivity index (χ4n) is 2.59. The summed E-state index contributed by atoms with van der Waals surface area (Å²) < 4.78 is 6.13. The Morgan fingerprint density at radius 3 is 2.07 bits per heavy atom. The van der Waals surface area contributed by atoms with Crippen LogP contribution in [0.5, 0.6) is 0 Å². The van der Waals surface area contributed by atoms with Crippen molar-refractivity contribution in [3.8, 4) is 0 Å². The van der Waals surface area contributed by atoms with Crippen LogP contribution < -0.4 is 0 Å². The summed E-state index contributed by atoms with van der Waals surface area (Å²) in [6.07, 6.45) is 2.13. The second-order valence-electron chi connectivity index (χ2n) is 5.27. The van der Waals surface area contributed by atoms with Gasteiger partial charge in [0, 0.05) is 0 Å². The zero-order valence-corrected chi connectivity index (χ0v) is 10.6. The lowest BCUT2D eigenvalue weighted by Crippen LogP contribution is -2.46. The van der Waals surface area contributed by atoms with E-state index in [1.165, 1.54) is 6.42 Å². The van der Waals surface area contributed by atoms with Crippen LogP contribution in [-0.2, 0) is 4.74 Å². The van der Waals surface area contributed by atoms with Gasteiger partial charge in [-0.1, -0.05) is 41.0 Å². The summed E-state index contributed by atoms with van der Waals surface area (Å²) in [5, 5.41) is 0. The van der Waals surface area contributed by atoms with Gasteiger partial charge in [0.15, 0.2) is 0 Å². The van der Waals surface area contributed by atoms with Crippen LogP contribution in [0.3, 0.4) is 0 Å². The Morgan fingerprint density at radius 1 is 1.00 bits per heavy atom. The summed E-state index contributed by atoms with van der Waals surface area (Å²) in [7, 11) is 0. The van der Waals surface area contributed by atoms with Crippen LogP contribution in [0.4, 0.5) is 0 Å². The van der Waals surface area contributed by atoms with E-state index in [2.05, 4.69) is 41.5 Å². The Balaban J connectivity index is 2.70. The highest BCUT2D eigenvalue weighted by atomic mass is 16.5. The first-order chi connectivity index (χ1) is 6.49. The van der Waals surface area contributed by atoms with Crippen molar-refractivity contribution in [3.63, 3.8) is 0 Å². The van der Waals surface area contributed by atoms with E-state index in [9.17, 15) is 0 Å².